The average molecular weight is 238 g/mol. The molecule has 0 saturated carbocycles. The van der Waals surface area contributed by atoms with E-state index in [0.29, 0.717) is 0 Å². The van der Waals surface area contributed by atoms with Crippen LogP contribution in [0.4, 0.5) is 0 Å². The van der Waals surface area contributed by atoms with Gasteiger partial charge < -0.3 is 19.5 Å². The number of imidazole rings is 1. The minimum Gasteiger partial charge on any atom is -0.383 e. The second kappa shape index (κ2) is 6.14. The quantitative estimate of drug-likeness (QED) is 0.764. The lowest BCUT2D eigenvalue weighted by Crippen LogP contribution is -2.29. The Labute approximate surface area is 103 Å². The zero-order valence-electron chi connectivity index (χ0n) is 10.8. The Morgan fingerprint density at radius 3 is 3.24 bits per heavy atom. The molecule has 0 bridgehead atoms. The van der Waals surface area contributed by atoms with Crippen molar-refractivity contribution in [2.45, 2.75) is 19.5 Å². The summed E-state index contributed by atoms with van der Waals surface area (Å²) in [6.45, 7) is 5.82. The Hall–Kier alpha value is -0.910. The number of rotatable bonds is 6. The lowest BCUT2D eigenvalue weighted by atomic mass is 10.2. The molecule has 0 unspecified atom stereocenters. The topological polar surface area (TPSA) is 42.3 Å². The number of ether oxygens (including phenoxy) is 1. The van der Waals surface area contributed by atoms with Gasteiger partial charge in [-0.1, -0.05) is 0 Å². The van der Waals surface area contributed by atoms with Crippen molar-refractivity contribution in [2.24, 2.45) is 0 Å². The van der Waals surface area contributed by atoms with Gasteiger partial charge in [0.15, 0.2) is 0 Å². The molecule has 1 aliphatic heterocycles. The maximum atomic E-state index is 5.07. The fraction of sp³-hybridized carbons (Fsp3) is 0.750. The number of nitrogens with one attached hydrogen (secondary N) is 1. The maximum absolute atomic E-state index is 5.07. The van der Waals surface area contributed by atoms with Gasteiger partial charge in [-0.25, -0.2) is 4.98 Å². The molecular formula is C12H22N4O. The van der Waals surface area contributed by atoms with Crippen LogP contribution in [0.5, 0.6) is 0 Å². The number of hydrogen-bond donors (Lipinski definition) is 1. The third-order valence-corrected chi connectivity index (χ3v) is 3.26. The molecule has 2 heterocycles. The third kappa shape index (κ3) is 3.28. The summed E-state index contributed by atoms with van der Waals surface area (Å²) in [5.41, 5.74) is 2.62. The molecule has 0 fully saturated rings. The van der Waals surface area contributed by atoms with Crippen molar-refractivity contribution in [1.29, 1.82) is 0 Å². The smallest absolute Gasteiger partial charge is 0.0952 e. The zero-order chi connectivity index (χ0) is 12.1. The molecule has 2 rings (SSSR count). The Kier molecular flexibility index (Phi) is 4.53. The monoisotopic (exact) mass is 238 g/mol. The number of nitrogens with zero attached hydrogens (tertiary/aromatic N) is 3. The van der Waals surface area contributed by atoms with Gasteiger partial charge >= 0.3 is 0 Å². The van der Waals surface area contributed by atoms with E-state index in [1.807, 2.05) is 6.33 Å². The van der Waals surface area contributed by atoms with Crippen LogP contribution in [0, 0.1) is 0 Å². The van der Waals surface area contributed by atoms with E-state index in [2.05, 4.69) is 26.8 Å². The van der Waals surface area contributed by atoms with E-state index in [1.54, 1.807) is 7.11 Å². The van der Waals surface area contributed by atoms with Gasteiger partial charge in [-0.15, -0.1) is 0 Å². The predicted octanol–water partition coefficient (Wildman–Crippen LogP) is 0.107. The second-order valence-electron chi connectivity index (χ2n) is 4.55. The molecule has 0 aliphatic carbocycles. The summed E-state index contributed by atoms with van der Waals surface area (Å²) in [6, 6.07) is 0. The molecule has 0 radical (unpaired) electrons. The summed E-state index contributed by atoms with van der Waals surface area (Å²) < 4.78 is 7.36. The molecule has 1 aromatic rings. The van der Waals surface area contributed by atoms with Gasteiger partial charge in [0.25, 0.3) is 0 Å². The summed E-state index contributed by atoms with van der Waals surface area (Å²) in [7, 11) is 3.87. The van der Waals surface area contributed by atoms with E-state index in [-0.39, 0.29) is 0 Å². The molecular weight excluding hydrogens is 216 g/mol. The van der Waals surface area contributed by atoms with E-state index < -0.39 is 0 Å². The van der Waals surface area contributed by atoms with Gasteiger partial charge in [0.1, 0.15) is 0 Å². The molecule has 5 heteroatoms. The number of likely N-dealkylation sites (N-methyl/N-ethyl adjacent to an activating group) is 1. The molecule has 0 amide bonds. The van der Waals surface area contributed by atoms with Gasteiger partial charge in [0.2, 0.25) is 0 Å². The molecule has 1 aliphatic rings. The van der Waals surface area contributed by atoms with Gasteiger partial charge in [-0.2, -0.15) is 0 Å². The molecule has 0 saturated heterocycles. The summed E-state index contributed by atoms with van der Waals surface area (Å²) in [5.74, 6) is 0. The van der Waals surface area contributed by atoms with Crippen LogP contribution in [0.1, 0.15) is 11.4 Å². The van der Waals surface area contributed by atoms with Crippen LogP contribution in [0.15, 0.2) is 6.33 Å². The SMILES string of the molecule is COCCN(C)CCn1cnc2c1CCNC2. The predicted molar refractivity (Wildman–Crippen MR) is 67.0 cm³/mol. The van der Waals surface area contributed by atoms with Crippen molar-refractivity contribution in [3.8, 4) is 0 Å². The first kappa shape index (κ1) is 12.5. The first-order valence-corrected chi connectivity index (χ1v) is 6.22. The van der Waals surface area contributed by atoms with Crippen LogP contribution in [0.25, 0.3) is 0 Å². The zero-order valence-corrected chi connectivity index (χ0v) is 10.8. The highest BCUT2D eigenvalue weighted by Gasteiger charge is 2.14. The Balaban J connectivity index is 1.84. The molecule has 1 N–H and O–H groups in total. The van der Waals surface area contributed by atoms with Crippen LogP contribution in [-0.2, 0) is 24.2 Å². The maximum Gasteiger partial charge on any atom is 0.0952 e. The molecule has 17 heavy (non-hydrogen) atoms. The fourth-order valence-corrected chi connectivity index (χ4v) is 2.13. The molecule has 0 spiro atoms. The third-order valence-electron chi connectivity index (χ3n) is 3.26. The van der Waals surface area contributed by atoms with E-state index in [9.17, 15) is 0 Å². The summed E-state index contributed by atoms with van der Waals surface area (Å²) in [4.78, 5) is 6.74. The van der Waals surface area contributed by atoms with Gasteiger partial charge in [0, 0.05) is 51.9 Å². The number of aromatic nitrogens is 2. The van der Waals surface area contributed by atoms with Crippen LogP contribution in [0.2, 0.25) is 0 Å². The van der Waals surface area contributed by atoms with E-state index in [4.69, 9.17) is 4.74 Å². The summed E-state index contributed by atoms with van der Waals surface area (Å²) >= 11 is 0. The molecule has 1 aromatic heterocycles. The van der Waals surface area contributed by atoms with Crippen molar-refractivity contribution >= 4 is 0 Å². The van der Waals surface area contributed by atoms with E-state index >= 15 is 0 Å². The largest absolute Gasteiger partial charge is 0.383 e. The van der Waals surface area contributed by atoms with Gasteiger partial charge in [0.05, 0.1) is 18.6 Å². The first-order chi connectivity index (χ1) is 8.31. The van der Waals surface area contributed by atoms with Crippen molar-refractivity contribution in [1.82, 2.24) is 19.8 Å². The molecule has 0 aromatic carbocycles. The lowest BCUT2D eigenvalue weighted by Gasteiger charge is -2.19. The summed E-state index contributed by atoms with van der Waals surface area (Å²) in [5, 5.41) is 3.34. The minimum absolute atomic E-state index is 0.794. The summed E-state index contributed by atoms with van der Waals surface area (Å²) in [6.07, 6.45) is 3.07. The number of fused-ring (bicyclic) bond motifs is 1. The van der Waals surface area contributed by atoms with Crippen molar-refractivity contribution in [2.75, 3.05) is 40.4 Å². The molecule has 5 nitrogen and oxygen atoms in total. The second-order valence-corrected chi connectivity index (χ2v) is 4.55. The number of hydrogen-bond acceptors (Lipinski definition) is 4. The number of methoxy groups -OCH3 is 1. The highest BCUT2D eigenvalue weighted by atomic mass is 16.5. The Bertz CT molecular complexity index is 350. The first-order valence-electron chi connectivity index (χ1n) is 6.22. The Morgan fingerprint density at radius 2 is 2.41 bits per heavy atom. The lowest BCUT2D eigenvalue weighted by molar-refractivity contribution is 0.159. The van der Waals surface area contributed by atoms with E-state index in [1.165, 1.54) is 11.4 Å². The van der Waals surface area contributed by atoms with Crippen LogP contribution in [-0.4, -0.2) is 54.8 Å². The Morgan fingerprint density at radius 1 is 1.53 bits per heavy atom. The highest BCUT2D eigenvalue weighted by molar-refractivity contribution is 5.16. The van der Waals surface area contributed by atoms with Crippen LogP contribution >= 0.6 is 0 Å². The standard InChI is InChI=1S/C12H22N4O/c1-15(7-8-17-2)5-6-16-10-14-11-9-13-4-3-12(11)16/h10,13H,3-9H2,1-2H3. The molecule has 96 valence electrons. The molecule has 0 atom stereocenters. The van der Waals surface area contributed by atoms with Crippen LogP contribution < -0.4 is 5.32 Å². The highest BCUT2D eigenvalue weighted by Crippen LogP contribution is 2.11. The van der Waals surface area contributed by atoms with Crippen molar-refractivity contribution in [3.63, 3.8) is 0 Å². The average Bonchev–Trinajstić information content (AvgIpc) is 2.77. The van der Waals surface area contributed by atoms with E-state index in [0.717, 1.165) is 45.8 Å². The van der Waals surface area contributed by atoms with Gasteiger partial charge in [-0.3, -0.25) is 0 Å². The minimum atomic E-state index is 0.794. The normalized spacial score (nSPS) is 15.2. The van der Waals surface area contributed by atoms with Gasteiger partial charge in [-0.05, 0) is 7.05 Å². The van der Waals surface area contributed by atoms with Crippen molar-refractivity contribution in [3.05, 3.63) is 17.7 Å². The van der Waals surface area contributed by atoms with Crippen molar-refractivity contribution < 1.29 is 4.74 Å². The van der Waals surface area contributed by atoms with Crippen LogP contribution in [0.3, 0.4) is 0 Å². The fourth-order valence-electron chi connectivity index (χ4n) is 2.13.